The molecule has 0 radical (unpaired) electrons. The fraction of sp³-hybridized carbons (Fsp3) is 0.833. The number of nitrogens with one attached hydrogen (secondary N) is 1. The Hall–Kier alpha value is -0.990. The van der Waals surface area contributed by atoms with E-state index in [-0.39, 0.29) is 11.8 Å². The van der Waals surface area contributed by atoms with Gasteiger partial charge in [0.1, 0.15) is 12.4 Å². The average molecular weight is 300 g/mol. The predicted molar refractivity (Wildman–Crippen MR) is 72.4 cm³/mol. The van der Waals surface area contributed by atoms with Gasteiger partial charge in [-0.1, -0.05) is 0 Å². The maximum Gasteiger partial charge on any atom is 0.212 e. The van der Waals surface area contributed by atoms with Crippen LogP contribution in [0.25, 0.3) is 0 Å². The number of sulfonamides is 1. The van der Waals surface area contributed by atoms with Gasteiger partial charge in [0.05, 0.1) is 11.8 Å². The SMILES string of the molecule is COCc1nc2n(n1)CCCC2NS(=O)(=O)CC1CC1. The molecule has 0 bridgehead atoms. The second-order valence-corrected chi connectivity index (χ2v) is 7.38. The minimum atomic E-state index is -3.23. The lowest BCUT2D eigenvalue weighted by molar-refractivity contribution is 0.177. The molecule has 0 aromatic carbocycles. The molecule has 1 aromatic rings. The number of rotatable bonds is 6. The van der Waals surface area contributed by atoms with Crippen molar-refractivity contribution >= 4 is 10.0 Å². The summed E-state index contributed by atoms with van der Waals surface area (Å²) >= 11 is 0. The van der Waals surface area contributed by atoms with Crippen molar-refractivity contribution in [3.05, 3.63) is 11.6 Å². The minimum Gasteiger partial charge on any atom is -0.377 e. The van der Waals surface area contributed by atoms with Crippen molar-refractivity contribution in [2.24, 2.45) is 5.92 Å². The Balaban J connectivity index is 1.75. The van der Waals surface area contributed by atoms with E-state index in [1.165, 1.54) is 0 Å². The first-order valence-electron chi connectivity index (χ1n) is 7.00. The molecule has 1 fully saturated rings. The van der Waals surface area contributed by atoms with Gasteiger partial charge in [-0.2, -0.15) is 5.10 Å². The summed E-state index contributed by atoms with van der Waals surface area (Å²) in [5, 5.41) is 4.34. The Kier molecular flexibility index (Phi) is 3.78. The van der Waals surface area contributed by atoms with Crippen LogP contribution in [0.1, 0.15) is 43.4 Å². The van der Waals surface area contributed by atoms with Crippen molar-refractivity contribution < 1.29 is 13.2 Å². The molecule has 2 aliphatic rings. The van der Waals surface area contributed by atoms with Crippen molar-refractivity contribution in [1.29, 1.82) is 0 Å². The van der Waals surface area contributed by atoms with Gasteiger partial charge in [-0.25, -0.2) is 22.8 Å². The molecular weight excluding hydrogens is 280 g/mol. The summed E-state index contributed by atoms with van der Waals surface area (Å²) in [5.41, 5.74) is 0. The maximum absolute atomic E-state index is 12.1. The van der Waals surface area contributed by atoms with Crippen LogP contribution in [-0.2, 0) is 27.9 Å². The van der Waals surface area contributed by atoms with Crippen molar-refractivity contribution in [2.45, 2.75) is 44.9 Å². The molecule has 1 unspecified atom stereocenters. The van der Waals surface area contributed by atoms with E-state index < -0.39 is 10.0 Å². The Morgan fingerprint density at radius 3 is 2.90 bits per heavy atom. The number of fused-ring (bicyclic) bond motifs is 1. The lowest BCUT2D eigenvalue weighted by Crippen LogP contribution is -2.35. The highest BCUT2D eigenvalue weighted by molar-refractivity contribution is 7.89. The maximum atomic E-state index is 12.1. The summed E-state index contributed by atoms with van der Waals surface area (Å²) in [5.74, 6) is 1.90. The summed E-state index contributed by atoms with van der Waals surface area (Å²) in [6.07, 6.45) is 3.73. The van der Waals surface area contributed by atoms with Crippen molar-refractivity contribution in [2.75, 3.05) is 12.9 Å². The third-order valence-corrected chi connectivity index (χ3v) is 5.22. The molecule has 7 nitrogen and oxygen atoms in total. The Morgan fingerprint density at radius 2 is 2.20 bits per heavy atom. The molecule has 1 aromatic heterocycles. The van der Waals surface area contributed by atoms with E-state index in [0.29, 0.717) is 24.2 Å². The van der Waals surface area contributed by atoms with Crippen LogP contribution >= 0.6 is 0 Å². The Labute approximate surface area is 118 Å². The van der Waals surface area contributed by atoms with E-state index in [9.17, 15) is 8.42 Å². The monoisotopic (exact) mass is 300 g/mol. The summed E-state index contributed by atoms with van der Waals surface area (Å²) < 4.78 is 33.8. The van der Waals surface area contributed by atoms with Crippen LogP contribution in [0.2, 0.25) is 0 Å². The van der Waals surface area contributed by atoms with Gasteiger partial charge >= 0.3 is 0 Å². The largest absolute Gasteiger partial charge is 0.377 e. The number of aromatic nitrogens is 3. The smallest absolute Gasteiger partial charge is 0.212 e. The molecule has 112 valence electrons. The number of hydrogen-bond donors (Lipinski definition) is 1. The van der Waals surface area contributed by atoms with Crippen LogP contribution in [0.3, 0.4) is 0 Å². The number of hydrogen-bond acceptors (Lipinski definition) is 5. The Bertz CT molecular complexity index is 580. The number of ether oxygens (including phenoxy) is 1. The zero-order valence-corrected chi connectivity index (χ0v) is 12.4. The fourth-order valence-electron chi connectivity index (χ4n) is 2.56. The number of methoxy groups -OCH3 is 1. The van der Waals surface area contributed by atoms with Crippen LogP contribution in [0.4, 0.5) is 0 Å². The van der Waals surface area contributed by atoms with Gasteiger partial charge in [-0.05, 0) is 31.6 Å². The third-order valence-electron chi connectivity index (χ3n) is 3.67. The first-order valence-corrected chi connectivity index (χ1v) is 8.65. The molecule has 0 amide bonds. The molecule has 20 heavy (non-hydrogen) atoms. The minimum absolute atomic E-state index is 0.239. The molecule has 2 heterocycles. The van der Waals surface area contributed by atoms with Gasteiger partial charge in [0.15, 0.2) is 5.82 Å². The summed E-state index contributed by atoms with van der Waals surface area (Å²) in [6.45, 7) is 1.13. The quantitative estimate of drug-likeness (QED) is 0.831. The molecule has 3 rings (SSSR count). The topological polar surface area (TPSA) is 86.1 Å². The first-order chi connectivity index (χ1) is 9.57. The lowest BCUT2D eigenvalue weighted by Gasteiger charge is -2.22. The van der Waals surface area contributed by atoms with Gasteiger partial charge in [-0.15, -0.1) is 0 Å². The second-order valence-electron chi connectivity index (χ2n) is 5.58. The first kappa shape index (κ1) is 14.0. The van der Waals surface area contributed by atoms with Crippen LogP contribution in [0.5, 0.6) is 0 Å². The van der Waals surface area contributed by atoms with Crippen molar-refractivity contribution in [3.8, 4) is 0 Å². The Morgan fingerprint density at radius 1 is 1.40 bits per heavy atom. The van der Waals surface area contributed by atoms with Gasteiger partial charge in [0.2, 0.25) is 10.0 Å². The molecule has 0 saturated heterocycles. The normalized spacial score (nSPS) is 22.8. The standard InChI is InChI=1S/C12H20N4O3S/c1-19-7-11-13-12-10(3-2-6-16(12)14-11)15-20(17,18)8-9-4-5-9/h9-10,15H,2-8H2,1H3. The molecular formula is C12H20N4O3S. The summed E-state index contributed by atoms with van der Waals surface area (Å²) in [4.78, 5) is 4.40. The van der Waals surface area contributed by atoms with Crippen LogP contribution < -0.4 is 4.72 Å². The van der Waals surface area contributed by atoms with E-state index in [2.05, 4.69) is 14.8 Å². The van der Waals surface area contributed by atoms with Crippen LogP contribution in [-0.4, -0.2) is 36.0 Å². The zero-order chi connectivity index (χ0) is 14.2. The number of nitrogens with zero attached hydrogens (tertiary/aromatic N) is 3. The molecule has 0 spiro atoms. The van der Waals surface area contributed by atoms with E-state index in [4.69, 9.17) is 4.74 Å². The third kappa shape index (κ3) is 3.18. The zero-order valence-electron chi connectivity index (χ0n) is 11.6. The molecule has 1 aliphatic carbocycles. The fourth-order valence-corrected chi connectivity index (χ4v) is 4.27. The van der Waals surface area contributed by atoms with E-state index >= 15 is 0 Å². The van der Waals surface area contributed by atoms with Crippen LogP contribution in [0, 0.1) is 5.92 Å². The van der Waals surface area contributed by atoms with E-state index in [1.807, 2.05) is 0 Å². The highest BCUT2D eigenvalue weighted by Crippen LogP contribution is 2.31. The summed E-state index contributed by atoms with van der Waals surface area (Å²) in [7, 11) is -1.63. The molecule has 8 heteroatoms. The molecule has 1 saturated carbocycles. The van der Waals surface area contributed by atoms with Crippen LogP contribution in [0.15, 0.2) is 0 Å². The second kappa shape index (κ2) is 5.42. The van der Waals surface area contributed by atoms with E-state index in [1.54, 1.807) is 11.8 Å². The van der Waals surface area contributed by atoms with Gasteiger partial charge < -0.3 is 4.74 Å². The molecule has 1 aliphatic heterocycles. The molecule has 1 atom stereocenters. The highest BCUT2D eigenvalue weighted by Gasteiger charge is 2.32. The number of aryl methyl sites for hydroxylation is 1. The van der Waals surface area contributed by atoms with Crippen molar-refractivity contribution in [3.63, 3.8) is 0 Å². The molecule has 1 N–H and O–H groups in total. The predicted octanol–water partition coefficient (Wildman–Crippen LogP) is 0.589. The average Bonchev–Trinajstić information content (AvgIpc) is 3.05. The summed E-state index contributed by atoms with van der Waals surface area (Å²) in [6, 6.07) is -0.259. The van der Waals surface area contributed by atoms with Gasteiger partial charge in [0.25, 0.3) is 0 Å². The van der Waals surface area contributed by atoms with Gasteiger partial charge in [-0.3, -0.25) is 0 Å². The van der Waals surface area contributed by atoms with Gasteiger partial charge in [0, 0.05) is 13.7 Å². The van der Waals surface area contributed by atoms with E-state index in [0.717, 1.165) is 32.2 Å². The van der Waals surface area contributed by atoms with Crippen molar-refractivity contribution in [1.82, 2.24) is 19.5 Å². The lowest BCUT2D eigenvalue weighted by atomic mass is 10.1. The highest BCUT2D eigenvalue weighted by atomic mass is 32.2.